The Labute approximate surface area is 129 Å². The minimum atomic E-state index is 0.719. The summed E-state index contributed by atoms with van der Waals surface area (Å²) in [5.41, 5.74) is 0.719. The Bertz CT molecular complexity index is 316. The summed E-state index contributed by atoms with van der Waals surface area (Å²) in [6.45, 7) is 13.8. The molecule has 0 spiro atoms. The Morgan fingerprint density at radius 3 is 2.25 bits per heavy atom. The van der Waals surface area contributed by atoms with Crippen molar-refractivity contribution >= 4 is 11.9 Å². The van der Waals surface area contributed by atoms with Crippen LogP contribution in [0.3, 0.4) is 0 Å². The van der Waals surface area contributed by atoms with Crippen molar-refractivity contribution < 1.29 is 0 Å². The smallest absolute Gasteiger partial charge is 0.0351 e. The van der Waals surface area contributed by atoms with Gasteiger partial charge in [-0.05, 0) is 36.9 Å². The van der Waals surface area contributed by atoms with Gasteiger partial charge in [-0.1, -0.05) is 25.8 Å². The molecule has 0 aromatic rings. The van der Waals surface area contributed by atoms with E-state index in [1.165, 1.54) is 65.1 Å². The van der Waals surface area contributed by atoms with E-state index in [1.807, 2.05) is 11.9 Å². The Hall–Kier alpha value is 0.230. The maximum atomic E-state index is 2.73. The van der Waals surface area contributed by atoms with Gasteiger partial charge in [-0.3, -0.25) is 9.80 Å². The number of rotatable bonds is 6. The largest absolute Gasteiger partial charge is 0.300 e. The van der Waals surface area contributed by atoms with Gasteiger partial charge in [-0.25, -0.2) is 4.31 Å². The zero-order chi connectivity index (χ0) is 14.2. The van der Waals surface area contributed by atoms with Crippen LogP contribution in [-0.2, 0) is 0 Å². The van der Waals surface area contributed by atoms with Crippen LogP contribution in [-0.4, -0.2) is 72.2 Å². The standard InChI is InChI=1S/C16H31N3S/c1-14(2)10-16(4-5-16)13-17-11-15(12-17)18-6-8-19(20-3)9-7-18/h14-15H,4-13H2,1-3H3. The first-order chi connectivity index (χ1) is 9.60. The fourth-order valence-electron chi connectivity index (χ4n) is 4.10. The molecule has 0 aromatic carbocycles. The van der Waals surface area contributed by atoms with Crippen LogP contribution in [0.25, 0.3) is 0 Å². The van der Waals surface area contributed by atoms with Crippen LogP contribution < -0.4 is 0 Å². The number of likely N-dealkylation sites (tertiary alicyclic amines) is 1. The fourth-order valence-corrected chi connectivity index (χ4v) is 4.63. The third-order valence-electron chi connectivity index (χ3n) is 5.34. The monoisotopic (exact) mass is 297 g/mol. The molecule has 0 bridgehead atoms. The highest BCUT2D eigenvalue weighted by molar-refractivity contribution is 7.96. The van der Waals surface area contributed by atoms with Crippen molar-refractivity contribution in [2.75, 3.05) is 52.1 Å². The van der Waals surface area contributed by atoms with E-state index in [9.17, 15) is 0 Å². The van der Waals surface area contributed by atoms with E-state index in [0.29, 0.717) is 0 Å². The lowest BCUT2D eigenvalue weighted by atomic mass is 9.92. The van der Waals surface area contributed by atoms with E-state index >= 15 is 0 Å². The molecule has 4 heteroatoms. The summed E-state index contributed by atoms with van der Waals surface area (Å²) in [6, 6.07) is 0.855. The average molecular weight is 298 g/mol. The molecule has 3 rings (SSSR count). The molecule has 0 radical (unpaired) electrons. The zero-order valence-corrected chi connectivity index (χ0v) is 14.3. The Morgan fingerprint density at radius 1 is 1.10 bits per heavy atom. The van der Waals surface area contributed by atoms with E-state index in [2.05, 4.69) is 34.2 Å². The van der Waals surface area contributed by atoms with Gasteiger partial charge in [-0.15, -0.1) is 0 Å². The van der Waals surface area contributed by atoms with Gasteiger partial charge in [-0.2, -0.15) is 0 Å². The Morgan fingerprint density at radius 2 is 1.75 bits per heavy atom. The van der Waals surface area contributed by atoms with E-state index in [0.717, 1.165) is 17.4 Å². The Kier molecular flexibility index (Phi) is 4.66. The van der Waals surface area contributed by atoms with Gasteiger partial charge in [0.2, 0.25) is 0 Å². The van der Waals surface area contributed by atoms with Crippen molar-refractivity contribution in [3.05, 3.63) is 0 Å². The maximum Gasteiger partial charge on any atom is 0.0351 e. The molecule has 2 aliphatic heterocycles. The van der Waals surface area contributed by atoms with Gasteiger partial charge >= 0.3 is 0 Å². The minimum Gasteiger partial charge on any atom is -0.300 e. The number of piperazine rings is 1. The highest BCUT2D eigenvalue weighted by Crippen LogP contribution is 2.51. The molecule has 3 aliphatic rings. The summed E-state index contributed by atoms with van der Waals surface area (Å²) < 4.78 is 2.49. The number of nitrogens with zero attached hydrogens (tertiary/aromatic N) is 3. The molecule has 20 heavy (non-hydrogen) atoms. The van der Waals surface area contributed by atoms with Crippen LogP contribution >= 0.6 is 11.9 Å². The van der Waals surface area contributed by atoms with Crippen LogP contribution in [0.15, 0.2) is 0 Å². The molecule has 2 saturated heterocycles. The molecule has 116 valence electrons. The lowest BCUT2D eigenvalue weighted by Gasteiger charge is -2.49. The molecule has 0 unspecified atom stereocenters. The molecule has 3 fully saturated rings. The quantitative estimate of drug-likeness (QED) is 0.696. The van der Waals surface area contributed by atoms with E-state index in [4.69, 9.17) is 0 Å². The fraction of sp³-hybridized carbons (Fsp3) is 1.00. The van der Waals surface area contributed by atoms with Gasteiger partial charge in [0.1, 0.15) is 0 Å². The van der Waals surface area contributed by atoms with Gasteiger partial charge in [0, 0.05) is 51.9 Å². The minimum absolute atomic E-state index is 0.719. The second-order valence-electron chi connectivity index (χ2n) is 7.59. The molecule has 0 aromatic heterocycles. The number of hydrogen-bond donors (Lipinski definition) is 0. The third kappa shape index (κ3) is 3.52. The van der Waals surface area contributed by atoms with E-state index < -0.39 is 0 Å². The second-order valence-corrected chi connectivity index (χ2v) is 8.47. The highest BCUT2D eigenvalue weighted by Gasteiger charge is 2.46. The highest BCUT2D eigenvalue weighted by atomic mass is 32.2. The third-order valence-corrected chi connectivity index (χ3v) is 6.22. The van der Waals surface area contributed by atoms with Crippen LogP contribution in [0.1, 0.15) is 33.1 Å². The van der Waals surface area contributed by atoms with Crippen molar-refractivity contribution in [1.29, 1.82) is 0 Å². The van der Waals surface area contributed by atoms with Gasteiger partial charge in [0.05, 0.1) is 0 Å². The van der Waals surface area contributed by atoms with Gasteiger partial charge in [0.25, 0.3) is 0 Å². The van der Waals surface area contributed by atoms with Crippen LogP contribution in [0.2, 0.25) is 0 Å². The second kappa shape index (κ2) is 6.15. The topological polar surface area (TPSA) is 9.72 Å². The lowest BCUT2D eigenvalue weighted by molar-refractivity contribution is 0.00543. The van der Waals surface area contributed by atoms with Crippen molar-refractivity contribution in [2.45, 2.75) is 39.2 Å². The predicted octanol–water partition coefficient (Wildman–Crippen LogP) is 2.39. The summed E-state index contributed by atoms with van der Waals surface area (Å²) >= 11 is 1.90. The zero-order valence-electron chi connectivity index (χ0n) is 13.5. The van der Waals surface area contributed by atoms with Crippen LogP contribution in [0, 0.1) is 11.3 Å². The molecule has 1 saturated carbocycles. The first-order valence-corrected chi connectivity index (χ1v) is 9.54. The summed E-state index contributed by atoms with van der Waals surface area (Å²) in [4.78, 5) is 5.45. The van der Waals surface area contributed by atoms with Gasteiger partial charge in [0.15, 0.2) is 0 Å². The first kappa shape index (κ1) is 15.1. The van der Waals surface area contributed by atoms with Crippen molar-refractivity contribution in [3.63, 3.8) is 0 Å². The SMILES string of the molecule is CSN1CCN(C2CN(CC3(CC(C)C)CC3)C2)CC1. The van der Waals surface area contributed by atoms with E-state index in [1.54, 1.807) is 0 Å². The molecule has 2 heterocycles. The summed E-state index contributed by atoms with van der Waals surface area (Å²) in [6.07, 6.45) is 6.61. The molecule has 0 amide bonds. The Balaban J connectivity index is 1.37. The first-order valence-electron chi connectivity index (χ1n) is 8.36. The molecular formula is C16H31N3S. The molecular weight excluding hydrogens is 266 g/mol. The van der Waals surface area contributed by atoms with Crippen LogP contribution in [0.5, 0.6) is 0 Å². The van der Waals surface area contributed by atoms with E-state index in [-0.39, 0.29) is 0 Å². The van der Waals surface area contributed by atoms with Crippen molar-refractivity contribution in [3.8, 4) is 0 Å². The molecule has 3 nitrogen and oxygen atoms in total. The maximum absolute atomic E-state index is 2.73. The van der Waals surface area contributed by atoms with Crippen molar-refractivity contribution in [1.82, 2.24) is 14.1 Å². The lowest BCUT2D eigenvalue weighted by Crippen LogP contribution is -2.63. The molecule has 0 atom stereocenters. The van der Waals surface area contributed by atoms with Gasteiger partial charge < -0.3 is 0 Å². The predicted molar refractivity (Wildman–Crippen MR) is 88.0 cm³/mol. The van der Waals surface area contributed by atoms with Crippen molar-refractivity contribution in [2.24, 2.45) is 11.3 Å². The summed E-state index contributed by atoms with van der Waals surface area (Å²) in [5.74, 6) is 0.870. The summed E-state index contributed by atoms with van der Waals surface area (Å²) in [5, 5.41) is 0. The number of hydrogen-bond acceptors (Lipinski definition) is 4. The summed E-state index contributed by atoms with van der Waals surface area (Å²) in [7, 11) is 0. The average Bonchev–Trinajstić information content (AvgIpc) is 3.13. The molecule has 0 N–H and O–H groups in total. The molecule has 1 aliphatic carbocycles. The normalized spacial score (nSPS) is 28.8. The van der Waals surface area contributed by atoms with Crippen LogP contribution in [0.4, 0.5) is 0 Å².